The van der Waals surface area contributed by atoms with Crippen molar-refractivity contribution in [2.45, 2.75) is 63.9 Å². The van der Waals surface area contributed by atoms with Crippen LogP contribution in [0.2, 0.25) is 0 Å². The van der Waals surface area contributed by atoms with Crippen molar-refractivity contribution >= 4 is 0 Å². The highest BCUT2D eigenvalue weighted by molar-refractivity contribution is 5.17. The van der Waals surface area contributed by atoms with Crippen LogP contribution in [0.3, 0.4) is 0 Å². The van der Waals surface area contributed by atoms with Gasteiger partial charge in [-0.1, -0.05) is 30.3 Å². The van der Waals surface area contributed by atoms with Gasteiger partial charge in [-0.25, -0.2) is 0 Å². The minimum Gasteiger partial charge on any atom is -0.388 e. The van der Waals surface area contributed by atoms with Crippen LogP contribution in [0.4, 0.5) is 0 Å². The lowest BCUT2D eigenvalue weighted by Crippen LogP contribution is -2.45. The second kappa shape index (κ2) is 5.43. The van der Waals surface area contributed by atoms with Crippen LogP contribution in [0.5, 0.6) is 0 Å². The second-order valence-corrected chi connectivity index (χ2v) is 8.24. The second-order valence-electron chi connectivity index (χ2n) is 8.24. The Morgan fingerprint density at radius 1 is 0.952 bits per heavy atom. The van der Waals surface area contributed by atoms with E-state index in [0.717, 1.165) is 29.7 Å². The molecule has 0 aromatic heterocycles. The summed E-state index contributed by atoms with van der Waals surface area (Å²) in [5.74, 6) is 3.15. The van der Waals surface area contributed by atoms with Gasteiger partial charge >= 0.3 is 0 Å². The van der Waals surface area contributed by atoms with Gasteiger partial charge in [-0.15, -0.1) is 0 Å². The molecule has 1 unspecified atom stereocenters. The zero-order chi connectivity index (χ0) is 14.3. The Bertz CT molecular complexity index is 443. The minimum absolute atomic E-state index is 0.264. The van der Waals surface area contributed by atoms with Crippen molar-refractivity contribution in [2.75, 3.05) is 0 Å². The summed E-state index contributed by atoms with van der Waals surface area (Å²) >= 11 is 0. The van der Waals surface area contributed by atoms with E-state index < -0.39 is 0 Å². The third kappa shape index (κ3) is 2.77. The first-order chi connectivity index (χ1) is 10.2. The molecular weight excluding hydrogens is 256 g/mol. The molecule has 0 aliphatic heterocycles. The van der Waals surface area contributed by atoms with E-state index in [9.17, 15) is 5.11 Å². The van der Waals surface area contributed by atoms with Crippen molar-refractivity contribution in [1.29, 1.82) is 0 Å². The largest absolute Gasteiger partial charge is 0.388 e. The van der Waals surface area contributed by atoms with Crippen LogP contribution in [0.25, 0.3) is 0 Å². The summed E-state index contributed by atoms with van der Waals surface area (Å²) in [5.41, 5.74) is 1.76. The van der Waals surface area contributed by atoms with Crippen LogP contribution >= 0.6 is 0 Å². The monoisotopic (exact) mass is 284 g/mol. The topological polar surface area (TPSA) is 20.2 Å². The number of aliphatic hydroxyl groups excluding tert-OH is 1. The zero-order valence-corrected chi connectivity index (χ0v) is 13.0. The number of aliphatic hydroxyl groups is 1. The highest BCUT2D eigenvalue weighted by Gasteiger charge is 2.50. The Morgan fingerprint density at radius 3 is 2.10 bits per heavy atom. The molecule has 4 aliphatic rings. The highest BCUT2D eigenvalue weighted by Crippen LogP contribution is 2.61. The Balaban J connectivity index is 1.33. The van der Waals surface area contributed by atoms with E-state index in [0.29, 0.717) is 5.41 Å². The summed E-state index contributed by atoms with van der Waals surface area (Å²) in [7, 11) is 0. The van der Waals surface area contributed by atoms with E-state index in [1.807, 2.05) is 18.2 Å². The van der Waals surface area contributed by atoms with Gasteiger partial charge in [0.05, 0.1) is 6.10 Å². The molecule has 21 heavy (non-hydrogen) atoms. The van der Waals surface area contributed by atoms with Gasteiger partial charge < -0.3 is 5.11 Å². The van der Waals surface area contributed by atoms with Gasteiger partial charge in [0.25, 0.3) is 0 Å². The first kappa shape index (κ1) is 13.8. The van der Waals surface area contributed by atoms with Gasteiger partial charge in [0.15, 0.2) is 0 Å². The number of rotatable bonds is 5. The molecule has 1 N–H and O–H groups in total. The molecule has 4 fully saturated rings. The molecule has 1 aromatic rings. The Kier molecular flexibility index (Phi) is 3.57. The lowest BCUT2D eigenvalue weighted by atomic mass is 9.48. The summed E-state index contributed by atoms with van der Waals surface area (Å²) in [5, 5.41) is 10.3. The van der Waals surface area contributed by atoms with Crippen LogP contribution in [0.1, 0.15) is 69.5 Å². The summed E-state index contributed by atoms with van der Waals surface area (Å²) in [6.45, 7) is 0. The molecule has 0 amide bonds. The SMILES string of the molecule is OC(CCCC12CC3CC(CC(C3)C1)C2)c1ccccc1. The molecule has 4 saturated carbocycles. The predicted molar refractivity (Wildman–Crippen MR) is 85.9 cm³/mol. The van der Waals surface area contributed by atoms with Crippen molar-refractivity contribution in [2.24, 2.45) is 23.2 Å². The van der Waals surface area contributed by atoms with Gasteiger partial charge in [0.1, 0.15) is 0 Å². The quantitative estimate of drug-likeness (QED) is 0.797. The standard InChI is InChI=1S/C20H28O/c21-19(18-5-2-1-3-6-18)7-4-8-20-12-15-9-16(13-20)11-17(10-15)14-20/h1-3,5-6,15-17,19,21H,4,7-14H2. The molecule has 0 saturated heterocycles. The van der Waals surface area contributed by atoms with Crippen LogP contribution in [-0.4, -0.2) is 5.11 Å². The average Bonchev–Trinajstić information content (AvgIpc) is 2.46. The Morgan fingerprint density at radius 2 is 1.52 bits per heavy atom. The van der Waals surface area contributed by atoms with Crippen LogP contribution in [-0.2, 0) is 0 Å². The molecule has 5 rings (SSSR count). The summed E-state index contributed by atoms with van der Waals surface area (Å²) in [6, 6.07) is 10.2. The van der Waals surface area contributed by atoms with Crippen molar-refractivity contribution in [3.63, 3.8) is 0 Å². The first-order valence-electron chi connectivity index (χ1n) is 8.95. The number of hydrogen-bond donors (Lipinski definition) is 1. The molecule has 0 spiro atoms. The Labute approximate surface area is 128 Å². The maximum Gasteiger partial charge on any atom is 0.0790 e. The third-order valence-electron chi connectivity index (χ3n) is 6.53. The van der Waals surface area contributed by atoms with Crippen LogP contribution in [0.15, 0.2) is 30.3 Å². The fourth-order valence-electron chi connectivity index (χ4n) is 6.11. The maximum absolute atomic E-state index is 10.3. The van der Waals surface area contributed by atoms with E-state index in [1.165, 1.54) is 51.4 Å². The van der Waals surface area contributed by atoms with E-state index in [1.54, 1.807) is 0 Å². The number of benzene rings is 1. The highest BCUT2D eigenvalue weighted by atomic mass is 16.3. The lowest BCUT2D eigenvalue weighted by Gasteiger charge is -2.57. The van der Waals surface area contributed by atoms with Gasteiger partial charge in [-0.2, -0.15) is 0 Å². The molecule has 0 heterocycles. The number of hydrogen-bond acceptors (Lipinski definition) is 1. The zero-order valence-electron chi connectivity index (χ0n) is 13.0. The normalized spacial score (nSPS) is 38.6. The molecule has 1 aromatic carbocycles. The molecule has 1 atom stereocenters. The van der Waals surface area contributed by atoms with Gasteiger partial charge in [0.2, 0.25) is 0 Å². The summed E-state index contributed by atoms with van der Waals surface area (Å²) < 4.78 is 0. The van der Waals surface area contributed by atoms with Crippen molar-refractivity contribution in [1.82, 2.24) is 0 Å². The van der Waals surface area contributed by atoms with Crippen LogP contribution < -0.4 is 0 Å². The van der Waals surface area contributed by atoms with Crippen molar-refractivity contribution in [3.05, 3.63) is 35.9 Å². The first-order valence-corrected chi connectivity index (χ1v) is 8.95. The molecule has 0 radical (unpaired) electrons. The smallest absolute Gasteiger partial charge is 0.0790 e. The fraction of sp³-hybridized carbons (Fsp3) is 0.700. The molecule has 4 bridgehead atoms. The van der Waals surface area contributed by atoms with E-state index in [4.69, 9.17) is 0 Å². The third-order valence-corrected chi connectivity index (χ3v) is 6.53. The predicted octanol–water partition coefficient (Wildman–Crippen LogP) is 5.11. The van der Waals surface area contributed by atoms with Gasteiger partial charge in [0, 0.05) is 0 Å². The lowest BCUT2D eigenvalue weighted by molar-refractivity contribution is -0.0594. The van der Waals surface area contributed by atoms with Gasteiger partial charge in [-0.3, -0.25) is 0 Å². The molecule has 1 nitrogen and oxygen atoms in total. The fourth-order valence-corrected chi connectivity index (χ4v) is 6.11. The van der Waals surface area contributed by atoms with Crippen LogP contribution in [0, 0.1) is 23.2 Å². The molecule has 1 heteroatoms. The van der Waals surface area contributed by atoms with E-state index >= 15 is 0 Å². The van der Waals surface area contributed by atoms with Crippen molar-refractivity contribution in [3.8, 4) is 0 Å². The van der Waals surface area contributed by atoms with Crippen molar-refractivity contribution < 1.29 is 5.11 Å². The molecule has 4 aliphatic carbocycles. The average molecular weight is 284 g/mol. The summed E-state index contributed by atoms with van der Waals surface area (Å²) in [4.78, 5) is 0. The maximum atomic E-state index is 10.3. The Hall–Kier alpha value is -0.820. The van der Waals surface area contributed by atoms with E-state index in [2.05, 4.69) is 12.1 Å². The molecule has 114 valence electrons. The van der Waals surface area contributed by atoms with E-state index in [-0.39, 0.29) is 6.10 Å². The molecular formula is C20H28O. The minimum atomic E-state index is -0.264. The summed E-state index contributed by atoms with van der Waals surface area (Å²) in [6.07, 6.45) is 12.3. The van der Waals surface area contributed by atoms with Gasteiger partial charge in [-0.05, 0) is 86.5 Å².